The Morgan fingerprint density at radius 2 is 1.50 bits per heavy atom. The van der Waals surface area contributed by atoms with Gasteiger partial charge < -0.3 is 4.57 Å². The van der Waals surface area contributed by atoms with Crippen LogP contribution in [0.1, 0.15) is 11.1 Å². The molecule has 1 heterocycles. The minimum atomic E-state index is 0.812. The number of fused-ring (bicyclic) bond motifs is 1. The summed E-state index contributed by atoms with van der Waals surface area (Å²) in [6, 6.07) is 36.2. The van der Waals surface area contributed by atoms with E-state index in [-0.39, 0.29) is 0 Å². The molecular formula is C28H22N2. The molecule has 0 atom stereocenters. The van der Waals surface area contributed by atoms with Crippen LogP contribution in [0.5, 0.6) is 0 Å². The molecule has 5 aromatic rings. The number of aliphatic imine (C=N–C) groups is 1. The third-order valence-electron chi connectivity index (χ3n) is 5.55. The van der Waals surface area contributed by atoms with E-state index in [1.165, 1.54) is 33.0 Å². The van der Waals surface area contributed by atoms with Crippen molar-refractivity contribution in [3.05, 3.63) is 120 Å². The van der Waals surface area contributed by atoms with Crippen LogP contribution in [0.3, 0.4) is 0 Å². The highest BCUT2D eigenvalue weighted by Crippen LogP contribution is 2.31. The predicted octanol–water partition coefficient (Wildman–Crippen LogP) is 7.22. The van der Waals surface area contributed by atoms with Crippen molar-refractivity contribution in [2.45, 2.75) is 6.42 Å². The normalized spacial score (nSPS) is 10.9. The molecule has 0 bridgehead atoms. The van der Waals surface area contributed by atoms with E-state index in [0.717, 1.165) is 17.9 Å². The topological polar surface area (TPSA) is 17.3 Å². The number of hydrogen-bond donors (Lipinski definition) is 0. The number of benzene rings is 4. The Morgan fingerprint density at radius 3 is 2.37 bits per heavy atom. The van der Waals surface area contributed by atoms with Gasteiger partial charge in [0.25, 0.3) is 0 Å². The Morgan fingerprint density at radius 1 is 0.733 bits per heavy atom. The van der Waals surface area contributed by atoms with E-state index in [4.69, 9.17) is 0 Å². The van der Waals surface area contributed by atoms with Gasteiger partial charge in [-0.3, -0.25) is 0 Å². The Labute approximate surface area is 176 Å². The third kappa shape index (κ3) is 3.33. The van der Waals surface area contributed by atoms with E-state index < -0.39 is 0 Å². The van der Waals surface area contributed by atoms with Crippen LogP contribution < -0.4 is 0 Å². The lowest BCUT2D eigenvalue weighted by Crippen LogP contribution is -1.93. The molecule has 144 valence electrons. The second-order valence-corrected chi connectivity index (χ2v) is 7.43. The molecule has 30 heavy (non-hydrogen) atoms. The van der Waals surface area contributed by atoms with E-state index in [0.29, 0.717) is 0 Å². The maximum Gasteiger partial charge on any atom is 0.139 e. The minimum absolute atomic E-state index is 0.812. The summed E-state index contributed by atoms with van der Waals surface area (Å²) in [5.41, 5.74) is 6.02. The zero-order valence-electron chi connectivity index (χ0n) is 16.7. The van der Waals surface area contributed by atoms with E-state index >= 15 is 0 Å². The average molecular weight is 386 g/mol. The minimum Gasteiger partial charge on any atom is -0.302 e. The van der Waals surface area contributed by atoms with Crippen molar-refractivity contribution in [3.63, 3.8) is 0 Å². The van der Waals surface area contributed by atoms with Crippen molar-refractivity contribution in [2.75, 3.05) is 0 Å². The van der Waals surface area contributed by atoms with Gasteiger partial charge in [-0.1, -0.05) is 84.9 Å². The molecule has 0 aliphatic carbocycles. The summed E-state index contributed by atoms with van der Waals surface area (Å²) in [7, 11) is 0. The molecule has 0 radical (unpaired) electrons. The Bertz CT molecular complexity index is 1320. The van der Waals surface area contributed by atoms with Crippen LogP contribution in [0.15, 0.2) is 114 Å². The first-order valence-corrected chi connectivity index (χ1v) is 10.1. The van der Waals surface area contributed by atoms with E-state index in [2.05, 4.69) is 107 Å². The average Bonchev–Trinajstić information content (AvgIpc) is 3.22. The molecule has 0 aliphatic heterocycles. The molecule has 0 saturated heterocycles. The first-order chi connectivity index (χ1) is 14.8. The van der Waals surface area contributed by atoms with Gasteiger partial charge in [-0.05, 0) is 52.4 Å². The summed E-state index contributed by atoms with van der Waals surface area (Å²) in [6.45, 7) is 3.82. The number of hydrogen-bond acceptors (Lipinski definition) is 1. The molecule has 1 aromatic heterocycles. The monoisotopic (exact) mass is 386 g/mol. The molecule has 0 N–H and O–H groups in total. The molecule has 5 rings (SSSR count). The molecule has 0 spiro atoms. The summed E-state index contributed by atoms with van der Waals surface area (Å²) in [5, 5.41) is 2.54. The maximum atomic E-state index is 4.34. The number of aromatic nitrogens is 1. The molecular weight excluding hydrogens is 364 g/mol. The predicted molar refractivity (Wildman–Crippen MR) is 127 cm³/mol. The fourth-order valence-electron chi connectivity index (χ4n) is 4.12. The van der Waals surface area contributed by atoms with Crippen LogP contribution in [0, 0.1) is 0 Å². The van der Waals surface area contributed by atoms with Crippen LogP contribution in [0.2, 0.25) is 0 Å². The molecule has 2 nitrogen and oxygen atoms in total. The van der Waals surface area contributed by atoms with Gasteiger partial charge in [0.2, 0.25) is 0 Å². The van der Waals surface area contributed by atoms with Crippen molar-refractivity contribution in [3.8, 4) is 16.8 Å². The van der Waals surface area contributed by atoms with Gasteiger partial charge in [0.15, 0.2) is 0 Å². The second-order valence-electron chi connectivity index (χ2n) is 7.43. The lowest BCUT2D eigenvalue weighted by molar-refractivity contribution is 1.05. The van der Waals surface area contributed by atoms with Crippen molar-refractivity contribution in [2.24, 2.45) is 4.99 Å². The summed E-state index contributed by atoms with van der Waals surface area (Å²) < 4.78 is 2.09. The second kappa shape index (κ2) is 7.84. The lowest BCUT2D eigenvalue weighted by Gasteiger charge is -2.10. The largest absolute Gasteiger partial charge is 0.302 e. The lowest BCUT2D eigenvalue weighted by atomic mass is 9.96. The number of rotatable bonds is 5. The van der Waals surface area contributed by atoms with Crippen LogP contribution >= 0.6 is 0 Å². The Kier molecular flexibility index (Phi) is 4.74. The zero-order chi connectivity index (χ0) is 20.3. The van der Waals surface area contributed by atoms with Gasteiger partial charge in [-0.15, -0.1) is 0 Å². The third-order valence-corrected chi connectivity index (χ3v) is 5.55. The number of para-hydroxylation sites is 1. The molecule has 0 saturated carbocycles. The molecule has 0 amide bonds. The molecule has 4 aromatic carbocycles. The van der Waals surface area contributed by atoms with Crippen molar-refractivity contribution >= 4 is 23.3 Å². The fraction of sp³-hybridized carbons (Fsp3) is 0.0357. The molecule has 2 heteroatoms. The Hall–Kier alpha value is -3.91. The summed E-state index contributed by atoms with van der Waals surface area (Å²) in [4.78, 5) is 4.34. The fourth-order valence-corrected chi connectivity index (χ4v) is 4.12. The van der Waals surface area contributed by atoms with Crippen molar-refractivity contribution < 1.29 is 0 Å². The van der Waals surface area contributed by atoms with Crippen LogP contribution in [0.4, 0.5) is 5.82 Å². The maximum absolute atomic E-state index is 4.34. The van der Waals surface area contributed by atoms with E-state index in [1.54, 1.807) is 0 Å². The van der Waals surface area contributed by atoms with Gasteiger partial charge >= 0.3 is 0 Å². The highest BCUT2D eigenvalue weighted by molar-refractivity contribution is 5.96. The van der Waals surface area contributed by atoms with Crippen LogP contribution in [0.25, 0.3) is 27.6 Å². The Balaban J connectivity index is 1.52. The highest BCUT2D eigenvalue weighted by Gasteiger charge is 2.11. The zero-order valence-corrected chi connectivity index (χ0v) is 16.7. The summed E-state index contributed by atoms with van der Waals surface area (Å²) in [6.07, 6.45) is 2.88. The van der Waals surface area contributed by atoms with Gasteiger partial charge in [-0.25, -0.2) is 4.99 Å². The van der Waals surface area contributed by atoms with Crippen LogP contribution in [-0.4, -0.2) is 11.3 Å². The van der Waals surface area contributed by atoms with Gasteiger partial charge in [0, 0.05) is 23.9 Å². The van der Waals surface area contributed by atoms with E-state index in [1.807, 2.05) is 18.2 Å². The quantitative estimate of drug-likeness (QED) is 0.284. The number of nitrogens with zero attached hydrogens (tertiary/aromatic N) is 2. The van der Waals surface area contributed by atoms with Crippen molar-refractivity contribution in [1.82, 2.24) is 4.57 Å². The SMILES string of the molecule is C=Nc1c(Cc2cccc(-c3cccc4ccccc34)c2)ccn1-c1ccccc1. The van der Waals surface area contributed by atoms with Gasteiger partial charge in [0.05, 0.1) is 0 Å². The van der Waals surface area contributed by atoms with E-state index in [9.17, 15) is 0 Å². The first kappa shape index (κ1) is 18.1. The van der Waals surface area contributed by atoms with Crippen LogP contribution in [-0.2, 0) is 6.42 Å². The highest BCUT2D eigenvalue weighted by atomic mass is 15.1. The van der Waals surface area contributed by atoms with Gasteiger partial charge in [-0.2, -0.15) is 0 Å². The van der Waals surface area contributed by atoms with Crippen molar-refractivity contribution in [1.29, 1.82) is 0 Å². The molecule has 0 fully saturated rings. The standard InChI is InChI=1S/C28H22N2/c1-29-28-24(17-18-30(28)25-13-3-2-4-14-25)20-21-9-7-12-23(19-21)27-16-8-11-22-10-5-6-15-26(22)27/h2-19H,1,20H2. The summed E-state index contributed by atoms with van der Waals surface area (Å²) >= 11 is 0. The molecule has 0 aliphatic rings. The molecule has 0 unspecified atom stereocenters. The first-order valence-electron chi connectivity index (χ1n) is 10.1. The van der Waals surface area contributed by atoms with Gasteiger partial charge in [0.1, 0.15) is 5.82 Å². The smallest absolute Gasteiger partial charge is 0.139 e. The summed E-state index contributed by atoms with van der Waals surface area (Å²) in [5.74, 6) is 0.900.